The minimum atomic E-state index is -0.315. The van der Waals surface area contributed by atoms with Crippen molar-refractivity contribution < 1.29 is 9.53 Å². The van der Waals surface area contributed by atoms with Gasteiger partial charge in [0.15, 0.2) is 0 Å². The number of nitrogens with zero attached hydrogens (tertiary/aromatic N) is 2. The molecule has 1 atom stereocenters. The van der Waals surface area contributed by atoms with Crippen molar-refractivity contribution in [3.63, 3.8) is 0 Å². The molecule has 136 valence electrons. The molecule has 2 aromatic rings. The van der Waals surface area contributed by atoms with Crippen molar-refractivity contribution in [2.45, 2.75) is 38.7 Å². The Kier molecular flexibility index (Phi) is 6.21. The lowest BCUT2D eigenvalue weighted by Gasteiger charge is -2.14. The van der Waals surface area contributed by atoms with E-state index in [9.17, 15) is 4.79 Å². The van der Waals surface area contributed by atoms with Gasteiger partial charge in [-0.05, 0) is 18.2 Å². The van der Waals surface area contributed by atoms with Crippen LogP contribution in [0.15, 0.2) is 30.3 Å². The summed E-state index contributed by atoms with van der Waals surface area (Å²) in [6.07, 6.45) is -0.136. The standard InChI is InChI=1S/C18H25ClN4O2/c1-18(2,3)15-10-16(21-17(24)9-14(11-20)25-4)23(22-15)13-7-5-6-12(19)8-13/h5-8,10,14H,9,11,20H2,1-4H3,(H,21,24). The molecule has 0 aliphatic heterocycles. The number of rotatable bonds is 6. The maximum Gasteiger partial charge on any atom is 0.228 e. The summed E-state index contributed by atoms with van der Waals surface area (Å²) >= 11 is 6.10. The van der Waals surface area contributed by atoms with Gasteiger partial charge >= 0.3 is 0 Å². The number of hydrogen-bond donors (Lipinski definition) is 2. The van der Waals surface area contributed by atoms with Gasteiger partial charge in [0.1, 0.15) is 5.82 Å². The average Bonchev–Trinajstić information content (AvgIpc) is 2.96. The second-order valence-electron chi connectivity index (χ2n) is 6.90. The van der Waals surface area contributed by atoms with Crippen LogP contribution in [0.3, 0.4) is 0 Å². The number of nitrogens with two attached hydrogens (primary N) is 1. The molecule has 1 unspecified atom stereocenters. The third-order valence-electron chi connectivity index (χ3n) is 3.81. The summed E-state index contributed by atoms with van der Waals surface area (Å²) in [4.78, 5) is 12.3. The molecule has 3 N–H and O–H groups in total. The molecule has 0 aliphatic carbocycles. The van der Waals surface area contributed by atoms with Gasteiger partial charge in [0.05, 0.1) is 23.9 Å². The molecule has 0 saturated heterocycles. The molecule has 2 rings (SSSR count). The fourth-order valence-corrected chi connectivity index (χ4v) is 2.49. The summed E-state index contributed by atoms with van der Waals surface area (Å²) in [5.74, 6) is 0.407. The molecule has 7 heteroatoms. The Morgan fingerprint density at radius 1 is 1.40 bits per heavy atom. The zero-order chi connectivity index (χ0) is 18.6. The van der Waals surface area contributed by atoms with Gasteiger partial charge in [-0.25, -0.2) is 4.68 Å². The molecule has 6 nitrogen and oxygen atoms in total. The largest absolute Gasteiger partial charge is 0.380 e. The van der Waals surface area contributed by atoms with Gasteiger partial charge in [0, 0.05) is 30.2 Å². The minimum absolute atomic E-state index is 0.157. The molecule has 1 amide bonds. The first-order valence-electron chi connectivity index (χ1n) is 8.13. The van der Waals surface area contributed by atoms with Gasteiger partial charge in [-0.1, -0.05) is 38.4 Å². The van der Waals surface area contributed by atoms with Crippen molar-refractivity contribution in [3.05, 3.63) is 41.0 Å². The Hall–Kier alpha value is -1.89. The van der Waals surface area contributed by atoms with Crippen LogP contribution in [0.4, 0.5) is 5.82 Å². The van der Waals surface area contributed by atoms with Gasteiger partial charge < -0.3 is 15.8 Å². The zero-order valence-corrected chi connectivity index (χ0v) is 15.8. The van der Waals surface area contributed by atoms with E-state index in [0.29, 0.717) is 10.8 Å². The summed E-state index contributed by atoms with van der Waals surface area (Å²) in [6.45, 7) is 6.49. The first-order valence-corrected chi connectivity index (χ1v) is 8.51. The third-order valence-corrected chi connectivity index (χ3v) is 4.04. The second-order valence-corrected chi connectivity index (χ2v) is 7.34. The van der Waals surface area contributed by atoms with Crippen molar-refractivity contribution in [1.29, 1.82) is 0 Å². The number of anilines is 1. The highest BCUT2D eigenvalue weighted by Crippen LogP contribution is 2.27. The van der Waals surface area contributed by atoms with Gasteiger partial charge in [-0.2, -0.15) is 5.10 Å². The first-order chi connectivity index (χ1) is 11.7. The quantitative estimate of drug-likeness (QED) is 0.825. The zero-order valence-electron chi connectivity index (χ0n) is 15.0. The predicted octanol–water partition coefficient (Wildman–Crippen LogP) is 3.13. The topological polar surface area (TPSA) is 82.2 Å². The molecule has 0 bridgehead atoms. The molecule has 0 spiro atoms. The number of aromatic nitrogens is 2. The molecule has 1 heterocycles. The predicted molar refractivity (Wildman–Crippen MR) is 100 cm³/mol. The van der Waals surface area contributed by atoms with E-state index in [-0.39, 0.29) is 30.4 Å². The van der Waals surface area contributed by atoms with Gasteiger partial charge in [0.25, 0.3) is 0 Å². The molecule has 25 heavy (non-hydrogen) atoms. The lowest BCUT2D eigenvalue weighted by molar-refractivity contribution is -0.118. The third kappa shape index (κ3) is 5.04. The second kappa shape index (κ2) is 7.99. The summed E-state index contributed by atoms with van der Waals surface area (Å²) in [5, 5.41) is 8.16. The van der Waals surface area contributed by atoms with Crippen LogP contribution in [0.2, 0.25) is 5.02 Å². The Morgan fingerprint density at radius 3 is 2.68 bits per heavy atom. The highest BCUT2D eigenvalue weighted by molar-refractivity contribution is 6.30. The molecule has 1 aromatic heterocycles. The van der Waals surface area contributed by atoms with E-state index < -0.39 is 0 Å². The molecule has 0 aliphatic rings. The van der Waals surface area contributed by atoms with Crippen molar-refractivity contribution in [3.8, 4) is 5.69 Å². The fraction of sp³-hybridized carbons (Fsp3) is 0.444. The van der Waals surface area contributed by atoms with Gasteiger partial charge in [0.2, 0.25) is 5.91 Å². The van der Waals surface area contributed by atoms with E-state index in [4.69, 9.17) is 22.1 Å². The number of halogens is 1. The highest BCUT2D eigenvalue weighted by atomic mass is 35.5. The summed E-state index contributed by atoms with van der Waals surface area (Å²) in [7, 11) is 1.54. The smallest absolute Gasteiger partial charge is 0.228 e. The van der Waals surface area contributed by atoms with E-state index in [1.54, 1.807) is 23.9 Å². The van der Waals surface area contributed by atoms with Gasteiger partial charge in [-0.15, -0.1) is 0 Å². The number of carbonyl (C=O) groups excluding carboxylic acids is 1. The molecule has 1 aromatic carbocycles. The number of nitrogens with one attached hydrogen (secondary N) is 1. The Morgan fingerprint density at radius 2 is 2.12 bits per heavy atom. The van der Waals surface area contributed by atoms with E-state index in [1.807, 2.05) is 18.2 Å². The monoisotopic (exact) mass is 364 g/mol. The van der Waals surface area contributed by atoms with E-state index in [2.05, 4.69) is 31.2 Å². The fourth-order valence-electron chi connectivity index (χ4n) is 2.30. The lowest BCUT2D eigenvalue weighted by Crippen LogP contribution is -2.28. The van der Waals surface area contributed by atoms with Crippen LogP contribution in [0.5, 0.6) is 0 Å². The number of amides is 1. The minimum Gasteiger partial charge on any atom is -0.380 e. The number of ether oxygens (including phenoxy) is 1. The molecule has 0 fully saturated rings. The van der Waals surface area contributed by atoms with Crippen LogP contribution in [0, 0.1) is 0 Å². The van der Waals surface area contributed by atoms with E-state index >= 15 is 0 Å². The Bertz CT molecular complexity index is 733. The van der Waals surface area contributed by atoms with E-state index in [1.165, 1.54) is 0 Å². The normalized spacial score (nSPS) is 12.9. The number of hydrogen-bond acceptors (Lipinski definition) is 4. The summed E-state index contributed by atoms with van der Waals surface area (Å²) in [5.41, 5.74) is 7.07. The van der Waals surface area contributed by atoms with Crippen LogP contribution in [-0.2, 0) is 14.9 Å². The Labute approximate surface area is 153 Å². The molecule has 0 saturated carbocycles. The number of benzene rings is 1. The number of methoxy groups -OCH3 is 1. The molecular weight excluding hydrogens is 340 g/mol. The SMILES string of the molecule is COC(CN)CC(=O)Nc1cc(C(C)(C)C)nn1-c1cccc(Cl)c1. The van der Waals surface area contributed by atoms with Crippen LogP contribution in [0.1, 0.15) is 32.9 Å². The van der Waals surface area contributed by atoms with Gasteiger partial charge in [-0.3, -0.25) is 4.79 Å². The summed E-state index contributed by atoms with van der Waals surface area (Å²) in [6, 6.07) is 9.20. The van der Waals surface area contributed by atoms with Crippen molar-refractivity contribution >= 4 is 23.3 Å². The first kappa shape index (κ1) is 19.4. The average molecular weight is 365 g/mol. The van der Waals surface area contributed by atoms with E-state index in [0.717, 1.165) is 11.4 Å². The van der Waals surface area contributed by atoms with Crippen LogP contribution >= 0.6 is 11.6 Å². The highest BCUT2D eigenvalue weighted by Gasteiger charge is 2.22. The van der Waals surface area contributed by atoms with Crippen molar-refractivity contribution in [1.82, 2.24) is 9.78 Å². The molecular formula is C18H25ClN4O2. The summed E-state index contributed by atoms with van der Waals surface area (Å²) < 4.78 is 6.86. The van der Waals surface area contributed by atoms with Crippen LogP contribution in [0.25, 0.3) is 5.69 Å². The lowest BCUT2D eigenvalue weighted by atomic mass is 9.92. The van der Waals surface area contributed by atoms with Crippen molar-refractivity contribution in [2.75, 3.05) is 19.0 Å². The maximum absolute atomic E-state index is 12.3. The maximum atomic E-state index is 12.3. The van der Waals surface area contributed by atoms with Crippen LogP contribution in [-0.4, -0.2) is 35.4 Å². The molecule has 0 radical (unpaired) electrons. The van der Waals surface area contributed by atoms with Crippen molar-refractivity contribution in [2.24, 2.45) is 5.73 Å². The van der Waals surface area contributed by atoms with Crippen LogP contribution < -0.4 is 11.1 Å². The number of carbonyl (C=O) groups is 1. The Balaban J connectivity index is 2.35.